The van der Waals surface area contributed by atoms with E-state index in [2.05, 4.69) is 50.5 Å². The molecular formula is C42H43ClF8N10O4S2. The van der Waals surface area contributed by atoms with E-state index in [4.69, 9.17) is 11.6 Å². The van der Waals surface area contributed by atoms with Gasteiger partial charge in [0.2, 0.25) is 23.7 Å². The molecule has 4 fully saturated rings. The van der Waals surface area contributed by atoms with Crippen LogP contribution < -0.4 is 16.0 Å². The van der Waals surface area contributed by atoms with Gasteiger partial charge in [-0.1, -0.05) is 12.1 Å². The van der Waals surface area contributed by atoms with Crippen LogP contribution in [0.2, 0.25) is 0 Å². The van der Waals surface area contributed by atoms with Crippen LogP contribution in [0, 0.1) is 11.8 Å². The Morgan fingerprint density at radius 1 is 0.687 bits per heavy atom. The second-order valence-corrected chi connectivity index (χ2v) is 18.7. The number of fused-ring (bicyclic) bond motifs is 2. The zero-order chi connectivity index (χ0) is 47.5. The van der Waals surface area contributed by atoms with Crippen LogP contribution in [0.5, 0.6) is 0 Å². The van der Waals surface area contributed by atoms with Gasteiger partial charge in [-0.25, -0.2) is 17.8 Å². The minimum atomic E-state index is -4.59. The molecule has 2 saturated carbocycles. The largest absolute Gasteiger partial charge is 0.522 e. The monoisotopic (exact) mass is 1000 g/mol. The second-order valence-electron chi connectivity index (χ2n) is 16.1. The van der Waals surface area contributed by atoms with Gasteiger partial charge in [-0.05, 0) is 100 Å². The van der Waals surface area contributed by atoms with Crippen molar-refractivity contribution in [3.8, 4) is 21.1 Å². The van der Waals surface area contributed by atoms with Gasteiger partial charge in [-0.3, -0.25) is 34.6 Å². The summed E-state index contributed by atoms with van der Waals surface area (Å²) in [5.41, 5.74) is 2.83. The lowest BCUT2D eigenvalue weighted by Gasteiger charge is -2.31. The number of hydrogen-bond acceptors (Lipinski definition) is 12. The zero-order valence-electron chi connectivity index (χ0n) is 35.2. The Hall–Kier alpha value is -4.85. The third-order valence-corrected chi connectivity index (χ3v) is 13.7. The van der Waals surface area contributed by atoms with Gasteiger partial charge in [0.25, 0.3) is 0 Å². The normalized spacial score (nSPS) is 21.3. The Balaban J connectivity index is 0.000000154. The van der Waals surface area contributed by atoms with Crippen molar-refractivity contribution in [3.63, 3.8) is 0 Å². The van der Waals surface area contributed by atoms with E-state index in [0.29, 0.717) is 75.6 Å². The van der Waals surface area contributed by atoms with Gasteiger partial charge in [0.1, 0.15) is 12.3 Å². The van der Waals surface area contributed by atoms with Crippen LogP contribution in [-0.2, 0) is 31.5 Å². The number of rotatable bonds is 11. The van der Waals surface area contributed by atoms with E-state index >= 15 is 0 Å². The highest BCUT2D eigenvalue weighted by Gasteiger charge is 2.45. The number of aromatic nitrogens is 6. The van der Waals surface area contributed by atoms with Gasteiger partial charge in [-0.15, -0.1) is 70.8 Å². The molecule has 0 radical (unpaired) electrons. The van der Waals surface area contributed by atoms with Crippen molar-refractivity contribution in [2.24, 2.45) is 11.8 Å². The fraction of sp³-hybridized carbons (Fsp3) is 0.476. The lowest BCUT2D eigenvalue weighted by molar-refractivity contribution is -0.346. The molecule has 2 saturated heterocycles. The maximum Gasteiger partial charge on any atom is 0.522 e. The Kier molecular flexibility index (Phi) is 15.1. The first-order valence-corrected chi connectivity index (χ1v) is 23.4. The predicted octanol–water partition coefficient (Wildman–Crippen LogP) is 9.02. The molecule has 6 aromatic heterocycles. The molecule has 0 bridgehead atoms. The summed E-state index contributed by atoms with van der Waals surface area (Å²) in [6.45, 7) is 2.94. The maximum absolute atomic E-state index is 13.1. The number of piperidine rings is 2. The highest BCUT2D eigenvalue weighted by Crippen LogP contribution is 2.36. The molecular weight excluding hydrogens is 960 g/mol. The molecule has 4 atom stereocenters. The Bertz CT molecular complexity index is 2640. The van der Waals surface area contributed by atoms with E-state index in [1.807, 2.05) is 48.5 Å². The van der Waals surface area contributed by atoms with Gasteiger partial charge in [0.05, 0.1) is 51.1 Å². The summed E-state index contributed by atoms with van der Waals surface area (Å²) in [5, 5.41) is 16.8. The number of amides is 2. The molecule has 360 valence electrons. The molecule has 2 aliphatic carbocycles. The van der Waals surface area contributed by atoms with Crippen LogP contribution in [0.15, 0.2) is 60.7 Å². The quantitative estimate of drug-likeness (QED) is 0.0847. The van der Waals surface area contributed by atoms with E-state index in [1.165, 1.54) is 0 Å². The van der Waals surface area contributed by atoms with Crippen LogP contribution in [0.1, 0.15) is 48.3 Å². The third-order valence-electron chi connectivity index (χ3n) is 11.0. The number of carbonyl (C=O) groups is 2. The summed E-state index contributed by atoms with van der Waals surface area (Å²) in [4.78, 5) is 38.6. The average Bonchev–Trinajstić information content (AvgIpc) is 3.79. The molecule has 0 unspecified atom stereocenters. The Morgan fingerprint density at radius 3 is 1.57 bits per heavy atom. The lowest BCUT2D eigenvalue weighted by atomic mass is 10.1. The molecule has 3 N–H and O–H groups in total. The molecule has 10 rings (SSSR count). The summed E-state index contributed by atoms with van der Waals surface area (Å²) >= 11 is 9.00. The minimum absolute atomic E-state index is 0.132. The number of carbonyl (C=O) groups excluding carboxylic acids is 2. The van der Waals surface area contributed by atoms with Crippen molar-refractivity contribution in [3.05, 3.63) is 70.4 Å². The molecule has 6 aromatic rings. The van der Waals surface area contributed by atoms with Gasteiger partial charge in [0.15, 0.2) is 11.3 Å². The lowest BCUT2D eigenvalue weighted by Crippen LogP contribution is -2.38. The molecule has 25 heteroatoms. The number of halogens is 9. The number of ether oxygens (including phenoxy) is 2. The minimum Gasteiger partial charge on any atom is -0.317 e. The van der Waals surface area contributed by atoms with Crippen molar-refractivity contribution < 1.29 is 54.2 Å². The number of anilines is 2. The summed E-state index contributed by atoms with van der Waals surface area (Å²) in [6, 6.07) is 19.0. The predicted molar refractivity (Wildman–Crippen MR) is 234 cm³/mol. The second kappa shape index (κ2) is 20.8. The van der Waals surface area contributed by atoms with Gasteiger partial charge in [0, 0.05) is 29.4 Å². The molecule has 14 nitrogen and oxygen atoms in total. The van der Waals surface area contributed by atoms with Crippen molar-refractivity contribution in [1.29, 1.82) is 0 Å². The highest BCUT2D eigenvalue weighted by molar-refractivity contribution is 7.15. The molecule has 0 spiro atoms. The summed E-state index contributed by atoms with van der Waals surface area (Å²) in [7, 11) is 0. The fourth-order valence-electron chi connectivity index (χ4n) is 7.45. The molecule has 2 amide bonds. The number of likely N-dealkylation sites (tertiary alicyclic amines) is 1. The Morgan fingerprint density at radius 2 is 1.13 bits per heavy atom. The van der Waals surface area contributed by atoms with Crippen LogP contribution in [0.25, 0.3) is 32.4 Å². The van der Waals surface area contributed by atoms with Gasteiger partial charge < -0.3 is 5.32 Å². The average molecular weight is 1000 g/mol. The molecule has 67 heavy (non-hydrogen) atoms. The summed E-state index contributed by atoms with van der Waals surface area (Å²) < 4.78 is 109. The number of pyridine rings is 2. The number of hydrogen-bond donors (Lipinski definition) is 3. The first-order valence-electron chi connectivity index (χ1n) is 21.3. The van der Waals surface area contributed by atoms with Crippen LogP contribution in [0.4, 0.5) is 47.0 Å². The molecule has 0 aromatic carbocycles. The number of nitrogens with one attached hydrogen (secondary N) is 3. The Labute approximate surface area is 390 Å². The van der Waals surface area contributed by atoms with E-state index < -0.39 is 55.0 Å². The summed E-state index contributed by atoms with van der Waals surface area (Å²) in [5.74, 6) is -1.18. The van der Waals surface area contributed by atoms with Crippen molar-refractivity contribution in [2.45, 2.75) is 88.2 Å². The van der Waals surface area contributed by atoms with E-state index in [9.17, 15) is 44.7 Å². The van der Waals surface area contributed by atoms with E-state index in [0.717, 1.165) is 30.9 Å². The fourth-order valence-corrected chi connectivity index (χ4v) is 9.63. The molecule has 4 aliphatic rings. The van der Waals surface area contributed by atoms with E-state index in [-0.39, 0.29) is 30.6 Å². The van der Waals surface area contributed by atoms with Crippen molar-refractivity contribution >= 4 is 69.3 Å². The zero-order valence-corrected chi connectivity index (χ0v) is 37.6. The number of nitrogens with zero attached hydrogens (tertiary/aromatic N) is 7. The first-order chi connectivity index (χ1) is 32.0. The third kappa shape index (κ3) is 13.2. The van der Waals surface area contributed by atoms with Crippen LogP contribution >= 0.6 is 34.3 Å². The number of thiophene rings is 2. The first kappa shape index (κ1) is 48.6. The van der Waals surface area contributed by atoms with Crippen LogP contribution in [0.3, 0.4) is 0 Å². The maximum atomic E-state index is 13.1. The number of alkyl halides is 9. The van der Waals surface area contributed by atoms with Crippen molar-refractivity contribution in [1.82, 2.24) is 39.4 Å². The topological polar surface area (TPSA) is 152 Å². The standard InChI is InChI=1S/C21H21F4N5O2S.C15H12ClFN4OS.C6H10F3NO/c22-15-10-14(15)19(31)27-20-26-18-3-1-2-16(30(18)28-20)17-5-4-13(33-17)11-29-8-6-12(7-9-29)32-21(23,24)25;16-7-8-4-5-12(23-8)11-2-1-3-13-18-15(20-21(11)13)19-14(22)9-6-10(9)17;7-6(8,9)11-5-1-3-10-4-2-5/h1-5,12,14-15H,6-11H2,(H,27,28,31);1-5,9-10H,6-7H2,(H,19,20,22);5,10H,1-4H2/t14-,15-;9-,10-;/m00./s1. The highest BCUT2D eigenvalue weighted by atomic mass is 35.5. The van der Waals surface area contributed by atoms with Crippen molar-refractivity contribution in [2.75, 3.05) is 36.8 Å². The van der Waals surface area contributed by atoms with Crippen LogP contribution in [-0.4, -0.2) is 109 Å². The van der Waals surface area contributed by atoms with Gasteiger partial charge >= 0.3 is 12.7 Å². The van der Waals surface area contributed by atoms with Gasteiger partial charge in [-0.2, -0.15) is 9.97 Å². The SMILES string of the molecule is FC(F)(F)OC1CCNCC1.O=C(Nc1nc2cccc(-c3ccc(CCl)s3)n2n1)[C@H]1C[C@@H]1F.O=C(Nc1nc2cccc(-c3ccc(CN4CCC(OC(F)(F)F)CC4)s3)n2n1)[C@H]1C[C@@H]1F. The van der Waals surface area contributed by atoms with E-state index in [1.54, 1.807) is 43.8 Å². The smallest absolute Gasteiger partial charge is 0.317 e. The summed E-state index contributed by atoms with van der Waals surface area (Å²) in [6.07, 6.45) is -10.5. The molecule has 8 heterocycles. The molecule has 2 aliphatic heterocycles.